The number of likely N-dealkylation sites (N-methyl/N-ethyl adjacent to an activating group) is 1. The van der Waals surface area contributed by atoms with Crippen LogP contribution in [0.3, 0.4) is 0 Å². The minimum absolute atomic E-state index is 0. The summed E-state index contributed by atoms with van der Waals surface area (Å²) in [5.74, 6) is 0. The van der Waals surface area contributed by atoms with Gasteiger partial charge < -0.3 is 10.0 Å². The van der Waals surface area contributed by atoms with Crippen LogP contribution < -0.4 is 0 Å². The van der Waals surface area contributed by atoms with Crippen molar-refractivity contribution in [2.24, 2.45) is 0 Å². The first-order valence-corrected chi connectivity index (χ1v) is 3.15. The van der Waals surface area contributed by atoms with Gasteiger partial charge in [0.2, 0.25) is 0 Å². The normalized spacial score (nSPS) is 29.3. The van der Waals surface area contributed by atoms with Crippen molar-refractivity contribution in [2.75, 3.05) is 20.1 Å². The molecule has 1 aliphatic heterocycles. The molecule has 1 unspecified atom stereocenters. The second-order valence-electron chi connectivity index (χ2n) is 2.56. The first-order valence-electron chi connectivity index (χ1n) is 3.15. The molecule has 56 valence electrons. The third-order valence-corrected chi connectivity index (χ3v) is 1.60. The summed E-state index contributed by atoms with van der Waals surface area (Å²) in [6.45, 7) is 2.01. The number of halogens is 1. The third-order valence-electron chi connectivity index (χ3n) is 1.60. The largest absolute Gasteiger partial charge is 0.392 e. The van der Waals surface area contributed by atoms with Gasteiger partial charge in [0.15, 0.2) is 0 Å². The summed E-state index contributed by atoms with van der Waals surface area (Å²) in [6, 6.07) is 0. The second-order valence-corrected chi connectivity index (χ2v) is 2.56. The molecule has 0 radical (unpaired) electrons. The fourth-order valence-electron chi connectivity index (χ4n) is 1.14. The summed E-state index contributed by atoms with van der Waals surface area (Å²) >= 11 is 0. The number of piperidine rings is 1. The average molecular weight is 196 g/mol. The molecule has 0 aromatic rings. The van der Waals surface area contributed by atoms with E-state index in [-0.39, 0.29) is 23.1 Å². The first kappa shape index (κ1) is 9.40. The molecule has 1 rings (SSSR count). The van der Waals surface area contributed by atoms with E-state index in [0.717, 1.165) is 25.9 Å². The molecule has 1 saturated heterocycles. The predicted molar refractivity (Wildman–Crippen MR) is 43.1 cm³/mol. The number of nitrogens with zero attached hydrogens (tertiary/aromatic N) is 1. The molecule has 1 aliphatic rings. The maximum atomic E-state index is 9.04. The maximum absolute atomic E-state index is 9.04. The van der Waals surface area contributed by atoms with Gasteiger partial charge in [0.05, 0.1) is 6.10 Å². The molecule has 0 amide bonds. The Morgan fingerprint density at radius 2 is 2.22 bits per heavy atom. The van der Waals surface area contributed by atoms with Gasteiger partial charge in [0, 0.05) is 6.54 Å². The number of aliphatic hydroxyl groups excluding tert-OH is 1. The van der Waals surface area contributed by atoms with Gasteiger partial charge in [-0.2, -0.15) is 0 Å². The zero-order chi connectivity index (χ0) is 5.98. The fraction of sp³-hybridized carbons (Fsp3) is 1.00. The van der Waals surface area contributed by atoms with E-state index in [9.17, 15) is 0 Å². The Balaban J connectivity index is 0.000000640. The number of hydrogen-bond donors (Lipinski definition) is 1. The molecule has 0 bridgehead atoms. The summed E-state index contributed by atoms with van der Waals surface area (Å²) in [7, 11) is 2.04. The number of β-amino-alcohol motifs (C(OH)–C–C–N with tert-alkyl or cyclic N) is 1. The van der Waals surface area contributed by atoms with Crippen molar-refractivity contribution < 1.29 is 5.11 Å². The van der Waals surface area contributed by atoms with Gasteiger partial charge in [-0.1, -0.05) is 0 Å². The van der Waals surface area contributed by atoms with Crippen LogP contribution in [0.2, 0.25) is 0 Å². The van der Waals surface area contributed by atoms with Crippen LogP contribution >= 0.6 is 17.0 Å². The van der Waals surface area contributed by atoms with Gasteiger partial charge in [-0.05, 0) is 26.4 Å². The van der Waals surface area contributed by atoms with Crippen molar-refractivity contribution in [3.05, 3.63) is 0 Å². The molecule has 1 atom stereocenters. The molecular formula is C6H14BrNO. The Kier molecular flexibility index (Phi) is 4.44. The Morgan fingerprint density at radius 3 is 2.56 bits per heavy atom. The monoisotopic (exact) mass is 195 g/mol. The van der Waals surface area contributed by atoms with Crippen molar-refractivity contribution in [3.63, 3.8) is 0 Å². The lowest BCUT2D eigenvalue weighted by atomic mass is 10.1. The molecule has 1 fully saturated rings. The number of rotatable bonds is 0. The van der Waals surface area contributed by atoms with Gasteiger partial charge >= 0.3 is 0 Å². The quantitative estimate of drug-likeness (QED) is 0.614. The van der Waals surface area contributed by atoms with E-state index in [1.807, 2.05) is 7.05 Å². The molecule has 1 heterocycles. The molecule has 1 N–H and O–H groups in total. The first-order chi connectivity index (χ1) is 3.79. The molecule has 2 nitrogen and oxygen atoms in total. The van der Waals surface area contributed by atoms with E-state index in [4.69, 9.17) is 5.11 Å². The van der Waals surface area contributed by atoms with E-state index in [1.165, 1.54) is 0 Å². The molecule has 0 saturated carbocycles. The molecule has 9 heavy (non-hydrogen) atoms. The van der Waals surface area contributed by atoms with Crippen molar-refractivity contribution in [1.82, 2.24) is 4.90 Å². The van der Waals surface area contributed by atoms with E-state index < -0.39 is 0 Å². The second kappa shape index (κ2) is 4.25. The Labute approximate surface area is 66.6 Å². The van der Waals surface area contributed by atoms with Crippen LogP contribution in [0.25, 0.3) is 0 Å². The van der Waals surface area contributed by atoms with Gasteiger partial charge in [0.25, 0.3) is 0 Å². The minimum Gasteiger partial charge on any atom is -0.392 e. The maximum Gasteiger partial charge on any atom is 0.0667 e. The van der Waals surface area contributed by atoms with E-state index in [2.05, 4.69) is 4.90 Å². The summed E-state index contributed by atoms with van der Waals surface area (Å²) < 4.78 is 0. The number of hydrogen-bond acceptors (Lipinski definition) is 2. The highest BCUT2D eigenvalue weighted by atomic mass is 79.9. The van der Waals surface area contributed by atoms with Crippen LogP contribution in [-0.2, 0) is 0 Å². The van der Waals surface area contributed by atoms with Gasteiger partial charge in [-0.15, -0.1) is 17.0 Å². The van der Waals surface area contributed by atoms with E-state index in [1.54, 1.807) is 0 Å². The zero-order valence-corrected chi connectivity index (χ0v) is 7.42. The van der Waals surface area contributed by atoms with Crippen LogP contribution in [0.1, 0.15) is 12.8 Å². The van der Waals surface area contributed by atoms with Crippen molar-refractivity contribution in [3.8, 4) is 0 Å². The summed E-state index contributed by atoms with van der Waals surface area (Å²) in [5, 5.41) is 9.04. The molecule has 0 aliphatic carbocycles. The van der Waals surface area contributed by atoms with Crippen molar-refractivity contribution >= 4 is 17.0 Å². The van der Waals surface area contributed by atoms with Crippen molar-refractivity contribution in [2.45, 2.75) is 18.9 Å². The van der Waals surface area contributed by atoms with Gasteiger partial charge in [0.1, 0.15) is 0 Å². The van der Waals surface area contributed by atoms with E-state index in [0.29, 0.717) is 0 Å². The third kappa shape index (κ3) is 3.18. The van der Waals surface area contributed by atoms with Crippen LogP contribution in [0.15, 0.2) is 0 Å². The Hall–Kier alpha value is 0.400. The number of likely N-dealkylation sites (tertiary alicyclic amines) is 1. The smallest absolute Gasteiger partial charge is 0.0667 e. The lowest BCUT2D eigenvalue weighted by Crippen LogP contribution is -2.34. The summed E-state index contributed by atoms with van der Waals surface area (Å²) in [6.07, 6.45) is 2.08. The molecule has 3 heteroatoms. The van der Waals surface area contributed by atoms with Gasteiger partial charge in [-0.25, -0.2) is 0 Å². The SMILES string of the molecule is Br.CN1CCCC(O)C1. The highest BCUT2D eigenvalue weighted by molar-refractivity contribution is 8.93. The minimum atomic E-state index is -0.0613. The fourth-order valence-corrected chi connectivity index (χ4v) is 1.14. The molecule has 0 spiro atoms. The standard InChI is InChI=1S/C6H13NO.BrH/c1-7-4-2-3-6(8)5-7;/h6,8H,2-5H2,1H3;1H. The Morgan fingerprint density at radius 1 is 1.56 bits per heavy atom. The van der Waals surface area contributed by atoms with Crippen LogP contribution in [0.5, 0.6) is 0 Å². The molecule has 0 aromatic heterocycles. The highest BCUT2D eigenvalue weighted by Gasteiger charge is 2.12. The lowest BCUT2D eigenvalue weighted by Gasteiger charge is -2.25. The summed E-state index contributed by atoms with van der Waals surface area (Å²) in [4.78, 5) is 2.16. The zero-order valence-electron chi connectivity index (χ0n) is 5.71. The number of aliphatic hydroxyl groups is 1. The van der Waals surface area contributed by atoms with Crippen LogP contribution in [0.4, 0.5) is 0 Å². The van der Waals surface area contributed by atoms with Gasteiger partial charge in [-0.3, -0.25) is 0 Å². The predicted octanol–water partition coefficient (Wildman–Crippen LogP) is 0.651. The molecular weight excluding hydrogens is 182 g/mol. The summed E-state index contributed by atoms with van der Waals surface area (Å²) in [5.41, 5.74) is 0. The van der Waals surface area contributed by atoms with Crippen molar-refractivity contribution in [1.29, 1.82) is 0 Å². The molecule has 0 aromatic carbocycles. The van der Waals surface area contributed by atoms with Crippen LogP contribution in [0, 0.1) is 0 Å². The lowest BCUT2D eigenvalue weighted by molar-refractivity contribution is 0.0846. The average Bonchev–Trinajstić information content (AvgIpc) is 1.64. The Bertz CT molecular complexity index is 71.5. The topological polar surface area (TPSA) is 23.5 Å². The van der Waals surface area contributed by atoms with E-state index >= 15 is 0 Å². The highest BCUT2D eigenvalue weighted by Crippen LogP contribution is 2.06. The van der Waals surface area contributed by atoms with Crippen LogP contribution in [-0.4, -0.2) is 36.2 Å².